The van der Waals surface area contributed by atoms with Crippen molar-refractivity contribution in [2.45, 2.75) is 19.4 Å². The van der Waals surface area contributed by atoms with Crippen LogP contribution in [0.5, 0.6) is 0 Å². The van der Waals surface area contributed by atoms with E-state index < -0.39 is 9.84 Å². The molecule has 1 amide bonds. The van der Waals surface area contributed by atoms with Crippen LogP contribution in [-0.4, -0.2) is 71.7 Å². The molecule has 144 valence electrons. The Morgan fingerprint density at radius 3 is 2.59 bits per heavy atom. The molecule has 2 aromatic heterocycles. The van der Waals surface area contributed by atoms with Crippen molar-refractivity contribution in [2.24, 2.45) is 0 Å². The van der Waals surface area contributed by atoms with E-state index in [0.29, 0.717) is 25.1 Å². The number of carbonyl (C=O) groups is 1. The van der Waals surface area contributed by atoms with Crippen LogP contribution in [0.15, 0.2) is 30.6 Å². The minimum absolute atomic E-state index is 0.0414. The second-order valence-electron chi connectivity index (χ2n) is 7.11. The summed E-state index contributed by atoms with van der Waals surface area (Å²) >= 11 is 0. The third-order valence-corrected chi connectivity index (χ3v) is 7.12. The molecule has 2 fully saturated rings. The lowest BCUT2D eigenvalue weighted by Gasteiger charge is -2.35. The molecule has 0 radical (unpaired) electrons. The van der Waals surface area contributed by atoms with E-state index >= 15 is 0 Å². The lowest BCUT2D eigenvalue weighted by atomic mass is 10.2. The Hall–Kier alpha value is -2.42. The molecule has 0 spiro atoms. The molecule has 0 saturated carbocycles. The molecule has 2 aromatic rings. The molecule has 8 nitrogen and oxygen atoms in total. The lowest BCUT2D eigenvalue weighted by molar-refractivity contribution is 0.0745. The zero-order valence-corrected chi connectivity index (χ0v) is 16.1. The molecule has 1 unspecified atom stereocenters. The van der Waals surface area contributed by atoms with Crippen molar-refractivity contribution in [1.29, 1.82) is 0 Å². The fourth-order valence-corrected chi connectivity index (χ4v) is 5.51. The summed E-state index contributed by atoms with van der Waals surface area (Å²) in [5.41, 5.74) is 1.31. The van der Waals surface area contributed by atoms with Crippen molar-refractivity contribution >= 4 is 21.6 Å². The van der Waals surface area contributed by atoms with Gasteiger partial charge in [-0.05, 0) is 25.5 Å². The van der Waals surface area contributed by atoms with Crippen LogP contribution in [-0.2, 0) is 9.84 Å². The number of anilines is 1. The summed E-state index contributed by atoms with van der Waals surface area (Å²) in [4.78, 5) is 21.3. The van der Waals surface area contributed by atoms with Gasteiger partial charge in [-0.15, -0.1) is 0 Å². The van der Waals surface area contributed by atoms with Crippen molar-refractivity contribution in [3.8, 4) is 0 Å². The van der Waals surface area contributed by atoms with Crippen LogP contribution in [0, 0.1) is 6.92 Å². The topological polar surface area (TPSA) is 88.4 Å². The SMILES string of the molecule is Cc1c(C(=O)N2CCN(c3ccccn3)CC2)cnn1C1CCS(=O)(=O)C1. The Morgan fingerprint density at radius 2 is 1.96 bits per heavy atom. The van der Waals surface area contributed by atoms with Gasteiger partial charge in [0.1, 0.15) is 5.82 Å². The van der Waals surface area contributed by atoms with E-state index in [0.717, 1.165) is 24.6 Å². The number of sulfone groups is 1. The minimum Gasteiger partial charge on any atom is -0.353 e. The monoisotopic (exact) mass is 389 g/mol. The summed E-state index contributed by atoms with van der Waals surface area (Å²) in [7, 11) is -2.99. The normalized spacial score (nSPS) is 22.2. The number of amides is 1. The molecule has 0 N–H and O–H groups in total. The molecule has 9 heteroatoms. The molecule has 2 aliphatic heterocycles. The highest BCUT2D eigenvalue weighted by molar-refractivity contribution is 7.91. The number of piperazine rings is 1. The van der Waals surface area contributed by atoms with Gasteiger partial charge in [-0.1, -0.05) is 6.07 Å². The zero-order valence-electron chi connectivity index (χ0n) is 15.3. The maximum absolute atomic E-state index is 12.9. The second-order valence-corrected chi connectivity index (χ2v) is 9.34. The summed E-state index contributed by atoms with van der Waals surface area (Å²) in [6.07, 6.45) is 3.91. The van der Waals surface area contributed by atoms with Crippen molar-refractivity contribution < 1.29 is 13.2 Å². The van der Waals surface area contributed by atoms with Crippen LogP contribution >= 0.6 is 0 Å². The highest BCUT2D eigenvalue weighted by Gasteiger charge is 2.32. The second kappa shape index (κ2) is 6.95. The molecule has 2 aliphatic rings. The van der Waals surface area contributed by atoms with Crippen LogP contribution in [0.2, 0.25) is 0 Å². The van der Waals surface area contributed by atoms with E-state index in [4.69, 9.17) is 0 Å². The fourth-order valence-electron chi connectivity index (χ4n) is 3.82. The van der Waals surface area contributed by atoms with E-state index in [1.54, 1.807) is 17.1 Å². The molecule has 4 rings (SSSR count). The summed E-state index contributed by atoms with van der Waals surface area (Å²) in [6, 6.07) is 5.65. The van der Waals surface area contributed by atoms with Crippen molar-refractivity contribution in [1.82, 2.24) is 19.7 Å². The molecule has 1 atom stereocenters. The molecule has 2 saturated heterocycles. The molecule has 27 heavy (non-hydrogen) atoms. The van der Waals surface area contributed by atoms with Crippen molar-refractivity contribution in [3.05, 3.63) is 41.9 Å². The summed E-state index contributed by atoms with van der Waals surface area (Å²) in [5.74, 6) is 1.18. The quantitative estimate of drug-likeness (QED) is 0.775. The number of aromatic nitrogens is 3. The Morgan fingerprint density at radius 1 is 1.19 bits per heavy atom. The zero-order chi connectivity index (χ0) is 19.0. The Labute approximate surface area is 158 Å². The van der Waals surface area contributed by atoms with E-state index in [-0.39, 0.29) is 23.5 Å². The average Bonchev–Trinajstić information content (AvgIpc) is 3.24. The predicted molar refractivity (Wildman–Crippen MR) is 102 cm³/mol. The van der Waals surface area contributed by atoms with E-state index in [9.17, 15) is 13.2 Å². The number of rotatable bonds is 3. The molecular weight excluding hydrogens is 366 g/mol. The molecule has 0 aromatic carbocycles. The van der Waals surface area contributed by atoms with Crippen LogP contribution in [0.1, 0.15) is 28.5 Å². The third kappa shape index (κ3) is 3.55. The van der Waals surface area contributed by atoms with Gasteiger partial charge in [0.15, 0.2) is 9.84 Å². The largest absolute Gasteiger partial charge is 0.353 e. The average molecular weight is 389 g/mol. The van der Waals surface area contributed by atoms with Crippen molar-refractivity contribution in [3.63, 3.8) is 0 Å². The Kier molecular flexibility index (Phi) is 4.63. The van der Waals surface area contributed by atoms with Crippen LogP contribution < -0.4 is 4.90 Å². The van der Waals surface area contributed by atoms with Gasteiger partial charge >= 0.3 is 0 Å². The van der Waals surface area contributed by atoms with E-state index in [2.05, 4.69) is 15.0 Å². The number of hydrogen-bond donors (Lipinski definition) is 0. The first-order valence-electron chi connectivity index (χ1n) is 9.14. The third-order valence-electron chi connectivity index (χ3n) is 5.37. The number of nitrogens with zero attached hydrogens (tertiary/aromatic N) is 5. The van der Waals surface area contributed by atoms with E-state index in [1.165, 1.54) is 0 Å². The number of carbonyl (C=O) groups excluding carboxylic acids is 1. The molecule has 0 bridgehead atoms. The van der Waals surface area contributed by atoms with Crippen LogP contribution in [0.25, 0.3) is 0 Å². The Balaban J connectivity index is 1.44. The standard InChI is InChI=1S/C18H23N5O3S/c1-14-16(12-20-23(14)15-5-11-27(25,26)13-15)18(24)22-9-7-21(8-10-22)17-4-2-3-6-19-17/h2-4,6,12,15H,5,7-11,13H2,1H3. The molecular formula is C18H23N5O3S. The first kappa shape index (κ1) is 18.0. The fraction of sp³-hybridized carbons (Fsp3) is 0.500. The van der Waals surface area contributed by atoms with Gasteiger partial charge in [-0.25, -0.2) is 13.4 Å². The predicted octanol–water partition coefficient (Wildman–Crippen LogP) is 0.909. The lowest BCUT2D eigenvalue weighted by Crippen LogP contribution is -2.49. The first-order valence-corrected chi connectivity index (χ1v) is 11.0. The maximum atomic E-state index is 12.9. The summed E-state index contributed by atoms with van der Waals surface area (Å²) in [6.45, 7) is 4.55. The van der Waals surface area contributed by atoms with Gasteiger partial charge in [-0.2, -0.15) is 5.10 Å². The minimum atomic E-state index is -2.99. The van der Waals surface area contributed by atoms with Crippen LogP contribution in [0.4, 0.5) is 5.82 Å². The van der Waals surface area contributed by atoms with Gasteiger partial charge in [0.25, 0.3) is 5.91 Å². The van der Waals surface area contributed by atoms with E-state index in [1.807, 2.05) is 30.0 Å². The molecule has 4 heterocycles. The molecule has 0 aliphatic carbocycles. The highest BCUT2D eigenvalue weighted by atomic mass is 32.2. The Bertz CT molecular complexity index is 933. The first-order chi connectivity index (χ1) is 12.9. The smallest absolute Gasteiger partial charge is 0.257 e. The summed E-state index contributed by atoms with van der Waals surface area (Å²) in [5, 5.41) is 4.33. The van der Waals surface area contributed by atoms with Gasteiger partial charge in [0, 0.05) is 38.1 Å². The maximum Gasteiger partial charge on any atom is 0.257 e. The number of pyridine rings is 1. The van der Waals surface area contributed by atoms with Crippen molar-refractivity contribution in [2.75, 3.05) is 42.6 Å². The summed E-state index contributed by atoms with van der Waals surface area (Å²) < 4.78 is 25.2. The number of hydrogen-bond acceptors (Lipinski definition) is 6. The van der Waals surface area contributed by atoms with Gasteiger partial charge in [-0.3, -0.25) is 9.48 Å². The van der Waals surface area contributed by atoms with Crippen LogP contribution in [0.3, 0.4) is 0 Å². The van der Waals surface area contributed by atoms with Gasteiger partial charge in [0.2, 0.25) is 0 Å². The highest BCUT2D eigenvalue weighted by Crippen LogP contribution is 2.26. The van der Waals surface area contributed by atoms with Gasteiger partial charge in [0.05, 0.1) is 29.3 Å². The van der Waals surface area contributed by atoms with Gasteiger partial charge < -0.3 is 9.80 Å².